The van der Waals surface area contributed by atoms with Crippen molar-refractivity contribution in [1.82, 2.24) is 5.32 Å². The van der Waals surface area contributed by atoms with Crippen molar-refractivity contribution in [3.8, 4) is 0 Å². The molecule has 88 valence electrons. The number of ether oxygens (including phenoxy) is 1. The summed E-state index contributed by atoms with van der Waals surface area (Å²) in [6.45, 7) is 3.83. The largest absolute Gasteiger partial charge is 0.466 e. The lowest BCUT2D eigenvalue weighted by Gasteiger charge is -2.09. The van der Waals surface area contributed by atoms with Crippen LogP contribution in [-0.4, -0.2) is 25.2 Å². The molecular formula is C12H23NO2. The fourth-order valence-corrected chi connectivity index (χ4v) is 1.91. The van der Waals surface area contributed by atoms with Gasteiger partial charge in [-0.1, -0.05) is 26.2 Å². The Kier molecular flexibility index (Phi) is 6.41. The standard InChI is InChI=1S/C12H23NO2/c1-2-3-4-5-9-15-12(14)10-11-7-6-8-13-11/h11,13H,2-10H2,1H3. The Labute approximate surface area is 92.6 Å². The number of hydrogen-bond donors (Lipinski definition) is 1. The number of unbranched alkanes of at least 4 members (excludes halogenated alkanes) is 3. The molecule has 1 heterocycles. The van der Waals surface area contributed by atoms with Crippen LogP contribution < -0.4 is 5.32 Å². The summed E-state index contributed by atoms with van der Waals surface area (Å²) in [5, 5.41) is 3.30. The van der Waals surface area contributed by atoms with Crippen LogP contribution in [0, 0.1) is 0 Å². The highest BCUT2D eigenvalue weighted by Crippen LogP contribution is 2.09. The zero-order valence-electron chi connectivity index (χ0n) is 9.76. The number of carbonyl (C=O) groups excluding carboxylic acids is 1. The van der Waals surface area contributed by atoms with Gasteiger partial charge in [0.05, 0.1) is 13.0 Å². The molecule has 0 aromatic heterocycles. The zero-order chi connectivity index (χ0) is 10.9. The molecular weight excluding hydrogens is 190 g/mol. The maximum Gasteiger partial charge on any atom is 0.307 e. The minimum Gasteiger partial charge on any atom is -0.466 e. The van der Waals surface area contributed by atoms with E-state index in [1.165, 1.54) is 25.7 Å². The van der Waals surface area contributed by atoms with Gasteiger partial charge in [-0.3, -0.25) is 4.79 Å². The molecule has 1 fully saturated rings. The molecule has 1 atom stereocenters. The van der Waals surface area contributed by atoms with E-state index in [2.05, 4.69) is 12.2 Å². The highest BCUT2D eigenvalue weighted by molar-refractivity contribution is 5.70. The molecule has 0 bridgehead atoms. The van der Waals surface area contributed by atoms with Crippen LogP contribution >= 0.6 is 0 Å². The Morgan fingerprint density at radius 3 is 2.93 bits per heavy atom. The lowest BCUT2D eigenvalue weighted by Crippen LogP contribution is -2.25. The molecule has 3 nitrogen and oxygen atoms in total. The van der Waals surface area contributed by atoms with Crippen LogP contribution in [-0.2, 0) is 9.53 Å². The van der Waals surface area contributed by atoms with Crippen molar-refractivity contribution in [2.24, 2.45) is 0 Å². The highest BCUT2D eigenvalue weighted by atomic mass is 16.5. The molecule has 0 saturated carbocycles. The third-order valence-corrected chi connectivity index (χ3v) is 2.84. The number of carbonyl (C=O) groups is 1. The summed E-state index contributed by atoms with van der Waals surface area (Å²) < 4.78 is 5.17. The third-order valence-electron chi connectivity index (χ3n) is 2.84. The van der Waals surface area contributed by atoms with Crippen molar-refractivity contribution in [2.75, 3.05) is 13.2 Å². The number of nitrogens with one attached hydrogen (secondary N) is 1. The topological polar surface area (TPSA) is 38.3 Å². The van der Waals surface area contributed by atoms with E-state index in [9.17, 15) is 4.79 Å². The summed E-state index contributed by atoms with van der Waals surface area (Å²) in [7, 11) is 0. The van der Waals surface area contributed by atoms with Crippen molar-refractivity contribution in [3.05, 3.63) is 0 Å². The zero-order valence-corrected chi connectivity index (χ0v) is 9.76. The van der Waals surface area contributed by atoms with Crippen LogP contribution in [0.5, 0.6) is 0 Å². The summed E-state index contributed by atoms with van der Waals surface area (Å²) in [5.74, 6) is -0.0362. The monoisotopic (exact) mass is 213 g/mol. The molecule has 0 spiro atoms. The van der Waals surface area contributed by atoms with Crippen molar-refractivity contribution in [1.29, 1.82) is 0 Å². The van der Waals surface area contributed by atoms with Gasteiger partial charge in [-0.05, 0) is 25.8 Å². The first-order valence-corrected chi connectivity index (χ1v) is 6.22. The van der Waals surface area contributed by atoms with Crippen molar-refractivity contribution in [3.63, 3.8) is 0 Å². The normalized spacial score (nSPS) is 20.5. The quantitative estimate of drug-likeness (QED) is 0.520. The first kappa shape index (κ1) is 12.5. The molecule has 0 radical (unpaired) electrons. The van der Waals surface area contributed by atoms with E-state index in [0.29, 0.717) is 19.1 Å². The van der Waals surface area contributed by atoms with Crippen LogP contribution in [0.4, 0.5) is 0 Å². The second-order valence-corrected chi connectivity index (χ2v) is 4.28. The predicted octanol–water partition coefficient (Wildman–Crippen LogP) is 2.25. The Hall–Kier alpha value is -0.570. The summed E-state index contributed by atoms with van der Waals surface area (Å²) in [6, 6.07) is 0.369. The van der Waals surface area contributed by atoms with Crippen LogP contribution in [0.3, 0.4) is 0 Å². The van der Waals surface area contributed by atoms with Gasteiger partial charge < -0.3 is 10.1 Å². The smallest absolute Gasteiger partial charge is 0.307 e. The van der Waals surface area contributed by atoms with Gasteiger partial charge in [-0.2, -0.15) is 0 Å². The predicted molar refractivity (Wildman–Crippen MR) is 60.7 cm³/mol. The van der Waals surface area contributed by atoms with E-state index in [1.54, 1.807) is 0 Å². The number of esters is 1. The van der Waals surface area contributed by atoms with Crippen LogP contribution in [0.2, 0.25) is 0 Å². The van der Waals surface area contributed by atoms with Crippen LogP contribution in [0.1, 0.15) is 51.9 Å². The molecule has 0 aromatic carbocycles. The fraction of sp³-hybridized carbons (Fsp3) is 0.917. The van der Waals surface area contributed by atoms with Crippen molar-refractivity contribution >= 4 is 5.97 Å². The SMILES string of the molecule is CCCCCCOC(=O)CC1CCCN1. The van der Waals surface area contributed by atoms with E-state index < -0.39 is 0 Å². The first-order valence-electron chi connectivity index (χ1n) is 6.22. The maximum atomic E-state index is 11.4. The summed E-state index contributed by atoms with van der Waals surface area (Å²) in [6.07, 6.45) is 7.50. The third kappa shape index (κ3) is 5.78. The summed E-state index contributed by atoms with van der Waals surface area (Å²) in [4.78, 5) is 11.4. The molecule has 1 N–H and O–H groups in total. The van der Waals surface area contributed by atoms with E-state index in [-0.39, 0.29) is 5.97 Å². The Morgan fingerprint density at radius 1 is 1.40 bits per heavy atom. The van der Waals surface area contributed by atoms with Crippen molar-refractivity contribution in [2.45, 2.75) is 57.9 Å². The van der Waals surface area contributed by atoms with E-state index >= 15 is 0 Å². The Bertz CT molecular complexity index is 176. The van der Waals surface area contributed by atoms with Gasteiger partial charge in [0.25, 0.3) is 0 Å². The van der Waals surface area contributed by atoms with Gasteiger partial charge in [0.15, 0.2) is 0 Å². The molecule has 3 heteroatoms. The number of rotatable bonds is 7. The van der Waals surface area contributed by atoms with Crippen LogP contribution in [0.25, 0.3) is 0 Å². The molecule has 1 saturated heterocycles. The maximum absolute atomic E-state index is 11.4. The van der Waals surface area contributed by atoms with E-state index in [1.807, 2.05) is 0 Å². The fourth-order valence-electron chi connectivity index (χ4n) is 1.91. The van der Waals surface area contributed by atoms with Gasteiger partial charge in [0.2, 0.25) is 0 Å². The minimum atomic E-state index is -0.0362. The molecule has 0 amide bonds. The molecule has 1 aliphatic heterocycles. The lowest BCUT2D eigenvalue weighted by molar-refractivity contribution is -0.144. The van der Waals surface area contributed by atoms with Crippen molar-refractivity contribution < 1.29 is 9.53 Å². The molecule has 1 rings (SSSR count). The van der Waals surface area contributed by atoms with Gasteiger partial charge in [0, 0.05) is 6.04 Å². The Balaban J connectivity index is 1.93. The van der Waals surface area contributed by atoms with Gasteiger partial charge in [0.1, 0.15) is 0 Å². The molecule has 15 heavy (non-hydrogen) atoms. The average molecular weight is 213 g/mol. The highest BCUT2D eigenvalue weighted by Gasteiger charge is 2.18. The second-order valence-electron chi connectivity index (χ2n) is 4.28. The van der Waals surface area contributed by atoms with Gasteiger partial charge in [-0.15, -0.1) is 0 Å². The van der Waals surface area contributed by atoms with E-state index in [0.717, 1.165) is 19.4 Å². The number of hydrogen-bond acceptors (Lipinski definition) is 3. The first-order chi connectivity index (χ1) is 7.33. The van der Waals surface area contributed by atoms with Crippen LogP contribution in [0.15, 0.2) is 0 Å². The molecule has 1 unspecified atom stereocenters. The van der Waals surface area contributed by atoms with Gasteiger partial charge >= 0.3 is 5.97 Å². The average Bonchev–Trinajstić information content (AvgIpc) is 2.70. The summed E-state index contributed by atoms with van der Waals surface area (Å²) >= 11 is 0. The Morgan fingerprint density at radius 2 is 2.27 bits per heavy atom. The molecule has 0 aliphatic carbocycles. The van der Waals surface area contributed by atoms with E-state index in [4.69, 9.17) is 4.74 Å². The minimum absolute atomic E-state index is 0.0362. The molecule has 1 aliphatic rings. The summed E-state index contributed by atoms with van der Waals surface area (Å²) in [5.41, 5.74) is 0. The van der Waals surface area contributed by atoms with Gasteiger partial charge in [-0.25, -0.2) is 0 Å². The second kappa shape index (κ2) is 7.69. The molecule has 0 aromatic rings. The lowest BCUT2D eigenvalue weighted by atomic mass is 10.1.